The molecule has 0 bridgehead atoms. The van der Waals surface area contributed by atoms with Gasteiger partial charge in [0, 0.05) is 6.04 Å². The molecule has 0 saturated heterocycles. The van der Waals surface area contributed by atoms with E-state index in [0.29, 0.717) is 6.04 Å². The predicted molar refractivity (Wildman–Crippen MR) is 90.5 cm³/mol. The summed E-state index contributed by atoms with van der Waals surface area (Å²) in [7, 11) is 0. The normalized spacial score (nSPS) is 24.7. The minimum Gasteiger partial charge on any atom is -0.313 e. The first kappa shape index (κ1) is 16.0. The van der Waals surface area contributed by atoms with Crippen molar-refractivity contribution in [2.75, 3.05) is 6.54 Å². The number of rotatable bonds is 8. The van der Waals surface area contributed by atoms with Gasteiger partial charge in [0.25, 0.3) is 0 Å². The second-order valence-electron chi connectivity index (χ2n) is 6.47. The van der Waals surface area contributed by atoms with E-state index in [4.69, 9.17) is 0 Å². The van der Waals surface area contributed by atoms with E-state index in [1.54, 1.807) is 0 Å². The highest BCUT2D eigenvalue weighted by molar-refractivity contribution is 7.07. The molecule has 0 aromatic carbocycles. The summed E-state index contributed by atoms with van der Waals surface area (Å²) in [5.41, 5.74) is 1.53. The minimum atomic E-state index is 0.701. The Morgan fingerprint density at radius 1 is 1.20 bits per heavy atom. The topological polar surface area (TPSA) is 12.0 Å². The van der Waals surface area contributed by atoms with E-state index in [1.807, 2.05) is 11.3 Å². The van der Waals surface area contributed by atoms with E-state index in [-0.39, 0.29) is 0 Å². The molecule has 1 unspecified atom stereocenters. The Labute approximate surface area is 129 Å². The molecule has 1 fully saturated rings. The van der Waals surface area contributed by atoms with Crippen molar-refractivity contribution in [3.05, 3.63) is 22.4 Å². The second-order valence-corrected chi connectivity index (χ2v) is 7.25. The second kappa shape index (κ2) is 8.84. The molecule has 1 aromatic rings. The number of hydrogen-bond acceptors (Lipinski definition) is 2. The van der Waals surface area contributed by atoms with Crippen molar-refractivity contribution in [3.8, 4) is 0 Å². The average Bonchev–Trinajstić information content (AvgIpc) is 2.98. The molecule has 2 rings (SSSR count). The largest absolute Gasteiger partial charge is 0.313 e. The highest BCUT2D eigenvalue weighted by atomic mass is 32.1. The van der Waals surface area contributed by atoms with Crippen LogP contribution in [0, 0.1) is 11.8 Å². The van der Waals surface area contributed by atoms with Gasteiger partial charge in [0.2, 0.25) is 0 Å². The summed E-state index contributed by atoms with van der Waals surface area (Å²) < 4.78 is 0. The van der Waals surface area contributed by atoms with Gasteiger partial charge in [-0.05, 0) is 66.5 Å². The van der Waals surface area contributed by atoms with Crippen molar-refractivity contribution in [1.82, 2.24) is 5.32 Å². The van der Waals surface area contributed by atoms with Gasteiger partial charge in [-0.25, -0.2) is 0 Å². The third-order valence-electron chi connectivity index (χ3n) is 4.85. The summed E-state index contributed by atoms with van der Waals surface area (Å²) in [6.45, 7) is 5.77. The van der Waals surface area contributed by atoms with Crippen molar-refractivity contribution in [1.29, 1.82) is 0 Å². The Bertz CT molecular complexity index is 338. The van der Waals surface area contributed by atoms with Crippen LogP contribution < -0.4 is 5.32 Å². The van der Waals surface area contributed by atoms with Crippen LogP contribution in [0.4, 0.5) is 0 Å². The molecule has 1 heterocycles. The van der Waals surface area contributed by atoms with Crippen LogP contribution >= 0.6 is 11.3 Å². The van der Waals surface area contributed by atoms with Crippen LogP contribution in [-0.4, -0.2) is 12.6 Å². The first-order chi connectivity index (χ1) is 9.83. The number of nitrogens with one attached hydrogen (secondary N) is 1. The molecule has 1 aliphatic rings. The van der Waals surface area contributed by atoms with Crippen LogP contribution in [0.15, 0.2) is 16.8 Å². The van der Waals surface area contributed by atoms with E-state index >= 15 is 0 Å². The Morgan fingerprint density at radius 2 is 2.00 bits per heavy atom. The maximum Gasteiger partial charge on any atom is 0.0136 e. The van der Waals surface area contributed by atoms with E-state index < -0.39 is 0 Å². The van der Waals surface area contributed by atoms with Crippen molar-refractivity contribution in [3.63, 3.8) is 0 Å². The molecule has 114 valence electrons. The van der Waals surface area contributed by atoms with Crippen LogP contribution in [0.1, 0.15) is 64.4 Å². The molecule has 0 amide bonds. The van der Waals surface area contributed by atoms with Crippen molar-refractivity contribution >= 4 is 11.3 Å². The molecule has 1 atom stereocenters. The van der Waals surface area contributed by atoms with E-state index in [0.717, 1.165) is 11.8 Å². The van der Waals surface area contributed by atoms with Crippen molar-refractivity contribution < 1.29 is 0 Å². The predicted octanol–water partition coefficient (Wildman–Crippen LogP) is 5.27. The molecule has 1 N–H and O–H groups in total. The lowest BCUT2D eigenvalue weighted by molar-refractivity contribution is 0.212. The maximum absolute atomic E-state index is 3.83. The van der Waals surface area contributed by atoms with Crippen LogP contribution in [0.2, 0.25) is 0 Å². The molecule has 1 saturated carbocycles. The van der Waals surface area contributed by atoms with Crippen molar-refractivity contribution in [2.24, 2.45) is 11.8 Å². The average molecular weight is 294 g/mol. The monoisotopic (exact) mass is 293 g/mol. The first-order valence-electron chi connectivity index (χ1n) is 8.57. The smallest absolute Gasteiger partial charge is 0.0136 e. The first-order valence-corrected chi connectivity index (χ1v) is 9.52. The summed E-state index contributed by atoms with van der Waals surface area (Å²) in [4.78, 5) is 0. The summed E-state index contributed by atoms with van der Waals surface area (Å²) in [5.74, 6) is 1.92. The quantitative estimate of drug-likeness (QED) is 0.689. The Kier molecular flexibility index (Phi) is 7.09. The fourth-order valence-electron chi connectivity index (χ4n) is 3.69. The van der Waals surface area contributed by atoms with Gasteiger partial charge < -0.3 is 5.32 Å². The van der Waals surface area contributed by atoms with Crippen molar-refractivity contribution in [2.45, 2.75) is 71.3 Å². The fourth-order valence-corrected chi connectivity index (χ4v) is 4.37. The van der Waals surface area contributed by atoms with Gasteiger partial charge in [-0.15, -0.1) is 0 Å². The lowest BCUT2D eigenvalue weighted by Crippen LogP contribution is -2.40. The van der Waals surface area contributed by atoms with Gasteiger partial charge in [-0.3, -0.25) is 0 Å². The molecule has 2 heteroatoms. The van der Waals surface area contributed by atoms with Crippen LogP contribution in [-0.2, 0) is 6.42 Å². The number of hydrogen-bond donors (Lipinski definition) is 1. The third kappa shape index (κ3) is 4.89. The molecular weight excluding hydrogens is 262 g/mol. The standard InChI is InChI=1S/C18H31NS/c1-3-5-15-6-8-17(9-7-15)18(19-11-4-2)13-16-10-12-20-14-16/h10,12,14-15,17-19H,3-9,11,13H2,1-2H3. The molecular formula is C18H31NS. The Morgan fingerprint density at radius 3 is 2.60 bits per heavy atom. The highest BCUT2D eigenvalue weighted by Gasteiger charge is 2.27. The van der Waals surface area contributed by atoms with Crippen LogP contribution in [0.3, 0.4) is 0 Å². The molecule has 1 aliphatic carbocycles. The van der Waals surface area contributed by atoms with Gasteiger partial charge in [0.15, 0.2) is 0 Å². The van der Waals surface area contributed by atoms with Crippen LogP contribution in [0.25, 0.3) is 0 Å². The molecule has 0 radical (unpaired) electrons. The zero-order valence-electron chi connectivity index (χ0n) is 13.2. The molecule has 1 nitrogen and oxygen atoms in total. The van der Waals surface area contributed by atoms with Gasteiger partial charge >= 0.3 is 0 Å². The van der Waals surface area contributed by atoms with Gasteiger partial charge in [0.1, 0.15) is 0 Å². The molecule has 20 heavy (non-hydrogen) atoms. The Balaban J connectivity index is 1.86. The van der Waals surface area contributed by atoms with E-state index in [2.05, 4.69) is 36.0 Å². The number of thiophene rings is 1. The summed E-state index contributed by atoms with van der Waals surface area (Å²) in [6, 6.07) is 3.00. The van der Waals surface area contributed by atoms with E-state index in [9.17, 15) is 0 Å². The summed E-state index contributed by atoms with van der Waals surface area (Å²) >= 11 is 1.83. The maximum atomic E-state index is 3.83. The Hall–Kier alpha value is -0.340. The zero-order valence-corrected chi connectivity index (χ0v) is 14.1. The molecule has 0 aliphatic heterocycles. The van der Waals surface area contributed by atoms with Gasteiger partial charge in [-0.2, -0.15) is 11.3 Å². The summed E-state index contributed by atoms with van der Waals surface area (Å²) in [5, 5.41) is 8.36. The lowest BCUT2D eigenvalue weighted by atomic mass is 9.76. The lowest BCUT2D eigenvalue weighted by Gasteiger charge is -2.34. The minimum absolute atomic E-state index is 0.701. The highest BCUT2D eigenvalue weighted by Crippen LogP contribution is 2.34. The molecule has 0 spiro atoms. The fraction of sp³-hybridized carbons (Fsp3) is 0.778. The summed E-state index contributed by atoms with van der Waals surface area (Å²) in [6.07, 6.45) is 11.1. The molecule has 1 aromatic heterocycles. The third-order valence-corrected chi connectivity index (χ3v) is 5.58. The zero-order chi connectivity index (χ0) is 14.2. The SMILES string of the molecule is CCCNC(Cc1ccsc1)C1CCC(CCC)CC1. The van der Waals surface area contributed by atoms with Gasteiger partial charge in [-0.1, -0.05) is 39.5 Å². The van der Waals surface area contributed by atoms with Crippen LogP contribution in [0.5, 0.6) is 0 Å². The van der Waals surface area contributed by atoms with E-state index in [1.165, 1.54) is 63.5 Å². The van der Waals surface area contributed by atoms with Gasteiger partial charge in [0.05, 0.1) is 0 Å².